The predicted octanol–water partition coefficient (Wildman–Crippen LogP) is 1.76. The van der Waals surface area contributed by atoms with E-state index in [9.17, 15) is 4.79 Å². The molecule has 0 unspecified atom stereocenters. The van der Waals surface area contributed by atoms with Gasteiger partial charge < -0.3 is 20.3 Å². The smallest absolute Gasteiger partial charge is 0.222 e. The normalized spacial score (nSPS) is 14.6. The van der Waals surface area contributed by atoms with E-state index in [-0.39, 0.29) is 5.91 Å². The first-order valence-electron chi connectivity index (χ1n) is 8.00. The van der Waals surface area contributed by atoms with Crippen LogP contribution in [0.4, 0.5) is 5.69 Å². The van der Waals surface area contributed by atoms with E-state index < -0.39 is 0 Å². The fourth-order valence-electron chi connectivity index (χ4n) is 2.60. The van der Waals surface area contributed by atoms with E-state index in [1.165, 1.54) is 0 Å². The number of hydrogen-bond acceptors (Lipinski definition) is 4. The molecule has 0 aromatic heterocycles. The van der Waals surface area contributed by atoms with E-state index in [0.29, 0.717) is 18.7 Å². The topological polar surface area (TPSA) is 58.8 Å². The molecule has 22 heavy (non-hydrogen) atoms. The summed E-state index contributed by atoms with van der Waals surface area (Å²) in [6.45, 7) is 3.30. The first kappa shape index (κ1) is 16.6. The number of likely N-dealkylation sites (tertiary alicyclic amines) is 1. The van der Waals surface area contributed by atoms with Crippen LogP contribution in [0.2, 0.25) is 0 Å². The summed E-state index contributed by atoms with van der Waals surface area (Å²) in [5.41, 5.74) is 7.76. The van der Waals surface area contributed by atoms with Crippen LogP contribution in [0.3, 0.4) is 0 Å². The van der Waals surface area contributed by atoms with Crippen molar-refractivity contribution in [3.63, 3.8) is 0 Å². The molecule has 1 aromatic rings. The molecular formula is C17H27N3O2. The van der Waals surface area contributed by atoms with Crippen LogP contribution in [0.15, 0.2) is 18.2 Å². The van der Waals surface area contributed by atoms with Gasteiger partial charge in [0.2, 0.25) is 5.91 Å². The van der Waals surface area contributed by atoms with Gasteiger partial charge in [0.05, 0.1) is 5.69 Å². The van der Waals surface area contributed by atoms with Crippen molar-refractivity contribution >= 4 is 11.6 Å². The SMILES string of the molecule is CN(C)CCOc1ccc(CCC(=O)N2CCCC2)cc1N. The lowest BCUT2D eigenvalue weighted by molar-refractivity contribution is -0.130. The van der Waals surface area contributed by atoms with Gasteiger partial charge in [-0.3, -0.25) is 4.79 Å². The number of likely N-dealkylation sites (N-methyl/N-ethyl adjacent to an activating group) is 1. The third kappa shape index (κ3) is 4.91. The Bertz CT molecular complexity index is 497. The Hall–Kier alpha value is -1.75. The molecule has 1 aliphatic rings. The molecule has 1 fully saturated rings. The van der Waals surface area contributed by atoms with Crippen molar-refractivity contribution in [2.75, 3.05) is 46.1 Å². The summed E-state index contributed by atoms with van der Waals surface area (Å²) >= 11 is 0. The lowest BCUT2D eigenvalue weighted by atomic mass is 10.1. The summed E-state index contributed by atoms with van der Waals surface area (Å²) in [4.78, 5) is 16.1. The minimum atomic E-state index is 0.252. The van der Waals surface area contributed by atoms with Gasteiger partial charge >= 0.3 is 0 Å². The first-order chi connectivity index (χ1) is 10.6. The molecule has 0 saturated carbocycles. The van der Waals surface area contributed by atoms with E-state index in [1.807, 2.05) is 37.2 Å². The Morgan fingerprint density at radius 1 is 1.32 bits per heavy atom. The largest absolute Gasteiger partial charge is 0.490 e. The van der Waals surface area contributed by atoms with Gasteiger partial charge in [0.15, 0.2) is 0 Å². The minimum absolute atomic E-state index is 0.252. The highest BCUT2D eigenvalue weighted by Gasteiger charge is 2.17. The molecule has 122 valence electrons. The molecular weight excluding hydrogens is 278 g/mol. The van der Waals surface area contributed by atoms with Crippen LogP contribution >= 0.6 is 0 Å². The highest BCUT2D eigenvalue weighted by molar-refractivity contribution is 5.76. The quantitative estimate of drug-likeness (QED) is 0.780. The van der Waals surface area contributed by atoms with Gasteiger partial charge in [-0.05, 0) is 51.1 Å². The monoisotopic (exact) mass is 305 g/mol. The standard InChI is InChI=1S/C17H27N3O2/c1-19(2)11-12-22-16-7-5-14(13-15(16)18)6-8-17(21)20-9-3-4-10-20/h5,7,13H,3-4,6,8-12,18H2,1-2H3. The summed E-state index contributed by atoms with van der Waals surface area (Å²) in [6, 6.07) is 5.82. The maximum Gasteiger partial charge on any atom is 0.222 e. The van der Waals surface area contributed by atoms with E-state index in [2.05, 4.69) is 4.90 Å². The summed E-state index contributed by atoms with van der Waals surface area (Å²) in [7, 11) is 4.01. The maximum atomic E-state index is 12.0. The van der Waals surface area contributed by atoms with Gasteiger partial charge in [0.25, 0.3) is 0 Å². The third-order valence-corrected chi connectivity index (χ3v) is 3.96. The number of benzene rings is 1. The molecule has 1 aliphatic heterocycles. The van der Waals surface area contributed by atoms with Crippen LogP contribution in [-0.2, 0) is 11.2 Å². The van der Waals surface area contributed by atoms with Gasteiger partial charge in [-0.15, -0.1) is 0 Å². The Morgan fingerprint density at radius 3 is 2.68 bits per heavy atom. The van der Waals surface area contributed by atoms with Gasteiger partial charge in [-0.1, -0.05) is 6.07 Å². The van der Waals surface area contributed by atoms with Crippen LogP contribution < -0.4 is 10.5 Å². The summed E-state index contributed by atoms with van der Waals surface area (Å²) < 4.78 is 5.67. The number of hydrogen-bond donors (Lipinski definition) is 1. The molecule has 2 rings (SSSR count). The van der Waals surface area contributed by atoms with Crippen molar-refractivity contribution < 1.29 is 9.53 Å². The molecule has 0 atom stereocenters. The summed E-state index contributed by atoms with van der Waals surface area (Å²) in [6.07, 6.45) is 3.56. The zero-order chi connectivity index (χ0) is 15.9. The number of carbonyl (C=O) groups excluding carboxylic acids is 1. The highest BCUT2D eigenvalue weighted by atomic mass is 16.5. The van der Waals surface area contributed by atoms with Crippen LogP contribution in [0.5, 0.6) is 5.75 Å². The zero-order valence-corrected chi connectivity index (χ0v) is 13.7. The van der Waals surface area contributed by atoms with Gasteiger partial charge in [0.1, 0.15) is 12.4 Å². The van der Waals surface area contributed by atoms with Gasteiger partial charge in [0, 0.05) is 26.1 Å². The van der Waals surface area contributed by atoms with Crippen molar-refractivity contribution in [3.05, 3.63) is 23.8 Å². The van der Waals surface area contributed by atoms with E-state index in [1.54, 1.807) is 0 Å². The number of nitrogens with zero attached hydrogens (tertiary/aromatic N) is 2. The molecule has 0 radical (unpaired) electrons. The van der Waals surface area contributed by atoms with Crippen LogP contribution in [-0.4, -0.2) is 56.0 Å². The van der Waals surface area contributed by atoms with Crippen molar-refractivity contribution in [1.82, 2.24) is 9.80 Å². The van der Waals surface area contributed by atoms with E-state index >= 15 is 0 Å². The molecule has 5 heteroatoms. The minimum Gasteiger partial charge on any atom is -0.490 e. The Labute approximate surface area is 133 Å². The lowest BCUT2D eigenvalue weighted by Crippen LogP contribution is -2.27. The number of aryl methyl sites for hydroxylation is 1. The molecule has 0 spiro atoms. The van der Waals surface area contributed by atoms with Crippen LogP contribution in [0.25, 0.3) is 0 Å². The third-order valence-electron chi connectivity index (χ3n) is 3.96. The molecule has 1 saturated heterocycles. The second kappa shape index (κ2) is 8.03. The van der Waals surface area contributed by atoms with E-state index in [0.717, 1.165) is 50.2 Å². The fraction of sp³-hybridized carbons (Fsp3) is 0.588. The zero-order valence-electron chi connectivity index (χ0n) is 13.7. The molecule has 5 nitrogen and oxygen atoms in total. The van der Waals surface area contributed by atoms with Crippen molar-refractivity contribution in [2.45, 2.75) is 25.7 Å². The number of ether oxygens (including phenoxy) is 1. The van der Waals surface area contributed by atoms with Gasteiger partial charge in [-0.2, -0.15) is 0 Å². The number of anilines is 1. The highest BCUT2D eigenvalue weighted by Crippen LogP contribution is 2.23. The Morgan fingerprint density at radius 2 is 2.05 bits per heavy atom. The van der Waals surface area contributed by atoms with Crippen molar-refractivity contribution in [3.8, 4) is 5.75 Å². The van der Waals surface area contributed by atoms with Crippen molar-refractivity contribution in [2.24, 2.45) is 0 Å². The number of rotatable bonds is 7. The number of nitrogen functional groups attached to an aromatic ring is 1. The summed E-state index contributed by atoms with van der Waals surface area (Å²) in [5, 5.41) is 0. The van der Waals surface area contributed by atoms with Crippen LogP contribution in [0.1, 0.15) is 24.8 Å². The second-order valence-corrected chi connectivity index (χ2v) is 6.11. The number of nitrogens with two attached hydrogens (primary N) is 1. The molecule has 1 heterocycles. The molecule has 0 bridgehead atoms. The predicted molar refractivity (Wildman–Crippen MR) is 89.0 cm³/mol. The maximum absolute atomic E-state index is 12.0. The first-order valence-corrected chi connectivity index (χ1v) is 8.00. The Kier molecular flexibility index (Phi) is 6.07. The molecule has 1 amide bonds. The summed E-state index contributed by atoms with van der Waals surface area (Å²) in [5.74, 6) is 0.971. The average Bonchev–Trinajstić information content (AvgIpc) is 3.01. The van der Waals surface area contributed by atoms with Crippen molar-refractivity contribution in [1.29, 1.82) is 0 Å². The van der Waals surface area contributed by atoms with E-state index in [4.69, 9.17) is 10.5 Å². The molecule has 2 N–H and O–H groups in total. The molecule has 1 aromatic carbocycles. The van der Waals surface area contributed by atoms with Crippen LogP contribution in [0, 0.1) is 0 Å². The number of carbonyl (C=O) groups is 1. The molecule has 0 aliphatic carbocycles. The Balaban J connectivity index is 1.82. The lowest BCUT2D eigenvalue weighted by Gasteiger charge is -2.15. The average molecular weight is 305 g/mol. The van der Waals surface area contributed by atoms with Gasteiger partial charge in [-0.25, -0.2) is 0 Å². The fourth-order valence-corrected chi connectivity index (χ4v) is 2.60. The number of amides is 1. The second-order valence-electron chi connectivity index (χ2n) is 6.11.